The van der Waals surface area contributed by atoms with Crippen LogP contribution in [-0.4, -0.2) is 19.9 Å². The summed E-state index contributed by atoms with van der Waals surface area (Å²) in [6.45, 7) is 0. The SMILES string of the molecule is C1=Cc2cc3ccc(cc4ccc(cc5nc(cc1n2)C=C5)[nH]4)[nH]3.Clc1cc[c-]cc1.Clc1cc[c-]cc1.Clc1cc[c-]cc1.Clc1cc[c-]cc1.[Co]. The van der Waals surface area contributed by atoms with Gasteiger partial charge in [0.2, 0.25) is 0 Å². The zero-order chi connectivity index (χ0) is 36.4. The summed E-state index contributed by atoms with van der Waals surface area (Å²) in [6, 6.07) is 56.4. The first kappa shape index (κ1) is 40.9. The van der Waals surface area contributed by atoms with E-state index < -0.39 is 0 Å². The Labute approximate surface area is 340 Å². The van der Waals surface area contributed by atoms with Gasteiger partial charge in [0.25, 0.3) is 0 Å². The number of hydrogen-bond donors (Lipinski definition) is 2. The molecule has 5 heterocycles. The zero-order valence-electron chi connectivity index (χ0n) is 27.9. The third-order valence-corrected chi connectivity index (χ3v) is 7.76. The number of fused-ring (bicyclic) bond motifs is 8. The minimum absolute atomic E-state index is 0. The molecule has 8 bridgehead atoms. The Hall–Kier alpha value is -4.85. The molecule has 0 saturated carbocycles. The Morgan fingerprint density at radius 1 is 0.340 bits per heavy atom. The molecule has 0 saturated heterocycles. The van der Waals surface area contributed by atoms with Gasteiger partial charge in [-0.3, -0.25) is 0 Å². The van der Waals surface area contributed by atoms with Crippen LogP contribution < -0.4 is 0 Å². The standard InChI is InChI=1S/C20H14N4.4C6H4Cl.Co/c1-2-14-10-16-5-6-18(23-16)12-20-8-7-19(24-20)11-17-4-3-15(22-17)9-13(1)21-14;4*7-6-4-2-1-3-5-6;/h1-12,21-22H;4*2-5H;/q;4*-1;. The molecule has 2 N–H and O–H groups in total. The Morgan fingerprint density at radius 3 is 0.830 bits per heavy atom. The second kappa shape index (κ2) is 22.3. The van der Waals surface area contributed by atoms with Crippen LogP contribution in [0.3, 0.4) is 0 Å². The summed E-state index contributed by atoms with van der Waals surface area (Å²) in [4.78, 5) is 16.0. The van der Waals surface area contributed by atoms with Crippen molar-refractivity contribution < 1.29 is 16.8 Å². The summed E-state index contributed by atoms with van der Waals surface area (Å²) in [5, 5.41) is 3.05. The van der Waals surface area contributed by atoms with E-state index in [2.05, 4.69) is 74.5 Å². The molecule has 9 heteroatoms. The second-order valence-electron chi connectivity index (χ2n) is 10.8. The number of nitrogens with zero attached hydrogens (tertiary/aromatic N) is 2. The molecule has 0 amide bonds. The number of rotatable bonds is 0. The Morgan fingerprint density at radius 2 is 0.585 bits per heavy atom. The summed E-state index contributed by atoms with van der Waals surface area (Å²) < 4.78 is 0. The van der Waals surface area contributed by atoms with Gasteiger partial charge in [-0.2, -0.15) is 121 Å². The number of aromatic amines is 2. The molecule has 1 radical (unpaired) electrons. The fourth-order valence-corrected chi connectivity index (χ4v) is 4.91. The molecule has 53 heavy (non-hydrogen) atoms. The van der Waals surface area contributed by atoms with Gasteiger partial charge in [0.05, 0.1) is 22.8 Å². The molecular formula is C44H30Cl4CoN4-4. The molecular weight excluding hydrogens is 785 g/mol. The molecule has 7 aromatic rings. The maximum absolute atomic E-state index is 5.52. The molecule has 0 unspecified atom stereocenters. The van der Waals surface area contributed by atoms with Crippen molar-refractivity contribution in [1.82, 2.24) is 19.9 Å². The largest absolute Gasteiger partial charge is 0.355 e. The van der Waals surface area contributed by atoms with E-state index in [0.717, 1.165) is 64.9 Å². The van der Waals surface area contributed by atoms with E-state index in [4.69, 9.17) is 46.4 Å². The smallest absolute Gasteiger partial charge is 0.0659 e. The first-order valence-electron chi connectivity index (χ1n) is 15.9. The first-order chi connectivity index (χ1) is 25.4. The molecule has 2 aliphatic rings. The van der Waals surface area contributed by atoms with Crippen LogP contribution >= 0.6 is 46.4 Å². The number of aromatic nitrogens is 4. The average molecular weight is 815 g/mol. The molecule has 0 atom stereocenters. The molecule has 9 rings (SSSR count). The molecule has 267 valence electrons. The van der Waals surface area contributed by atoms with E-state index in [1.807, 2.05) is 42.5 Å². The molecule has 0 spiro atoms. The number of H-pyrrole nitrogens is 2. The minimum atomic E-state index is 0. The van der Waals surface area contributed by atoms with Crippen molar-refractivity contribution in [2.75, 3.05) is 0 Å². The summed E-state index contributed by atoms with van der Waals surface area (Å²) in [5.41, 5.74) is 7.86. The minimum Gasteiger partial charge on any atom is -0.355 e. The Kier molecular flexibility index (Phi) is 17.2. The molecule has 0 fully saturated rings. The van der Waals surface area contributed by atoms with Gasteiger partial charge in [0, 0.05) is 38.8 Å². The Balaban J connectivity index is 0.000000176. The van der Waals surface area contributed by atoms with Crippen molar-refractivity contribution in [3.05, 3.63) is 213 Å². The van der Waals surface area contributed by atoms with Crippen LogP contribution in [0.2, 0.25) is 20.1 Å². The maximum atomic E-state index is 5.52. The van der Waals surface area contributed by atoms with Crippen molar-refractivity contribution in [3.8, 4) is 0 Å². The normalized spacial score (nSPS) is 10.3. The van der Waals surface area contributed by atoms with Crippen LogP contribution in [-0.2, 0) is 16.8 Å². The molecule has 0 aliphatic carbocycles. The van der Waals surface area contributed by atoms with Crippen molar-refractivity contribution in [3.63, 3.8) is 0 Å². The van der Waals surface area contributed by atoms with E-state index in [1.54, 1.807) is 97.1 Å². The quantitative estimate of drug-likeness (QED) is 0.150. The third kappa shape index (κ3) is 15.3. The van der Waals surface area contributed by atoms with E-state index in [1.165, 1.54) is 0 Å². The Bertz CT molecular complexity index is 2110. The summed E-state index contributed by atoms with van der Waals surface area (Å²) >= 11 is 22.1. The van der Waals surface area contributed by atoms with Crippen LogP contribution in [0, 0.1) is 24.3 Å². The first-order valence-corrected chi connectivity index (χ1v) is 17.4. The predicted octanol–water partition coefficient (Wildman–Crippen LogP) is 13.2. The molecule has 2 aliphatic heterocycles. The zero-order valence-corrected chi connectivity index (χ0v) is 32.0. The number of benzene rings is 4. The van der Waals surface area contributed by atoms with E-state index in [-0.39, 0.29) is 16.8 Å². The number of halogens is 4. The van der Waals surface area contributed by atoms with Crippen LogP contribution in [0.5, 0.6) is 0 Å². The van der Waals surface area contributed by atoms with Crippen molar-refractivity contribution in [2.45, 2.75) is 0 Å². The average Bonchev–Trinajstić information content (AvgIpc) is 3.98. The van der Waals surface area contributed by atoms with Crippen LogP contribution in [0.25, 0.3) is 46.4 Å². The predicted molar refractivity (Wildman–Crippen MR) is 220 cm³/mol. The van der Waals surface area contributed by atoms with Crippen LogP contribution in [0.4, 0.5) is 0 Å². The number of nitrogens with one attached hydrogen (secondary N) is 2. The van der Waals surface area contributed by atoms with Gasteiger partial charge in [-0.15, -0.1) is 46.4 Å². The second-order valence-corrected chi connectivity index (χ2v) is 12.5. The van der Waals surface area contributed by atoms with E-state index >= 15 is 0 Å². The van der Waals surface area contributed by atoms with Gasteiger partial charge in [0.15, 0.2) is 0 Å². The van der Waals surface area contributed by atoms with Crippen molar-refractivity contribution in [1.29, 1.82) is 0 Å². The topological polar surface area (TPSA) is 57.4 Å². The third-order valence-electron chi connectivity index (χ3n) is 6.75. The van der Waals surface area contributed by atoms with Gasteiger partial charge in [-0.1, -0.05) is 20.1 Å². The monoisotopic (exact) mass is 813 g/mol. The van der Waals surface area contributed by atoms with Crippen LogP contribution in [0.15, 0.2) is 146 Å². The maximum Gasteiger partial charge on any atom is 0.0659 e. The molecule has 4 aromatic carbocycles. The summed E-state index contributed by atoms with van der Waals surface area (Å²) in [7, 11) is 0. The van der Waals surface area contributed by atoms with Gasteiger partial charge in [-0.05, 0) is 72.8 Å². The van der Waals surface area contributed by atoms with E-state index in [0.29, 0.717) is 0 Å². The molecule has 4 nitrogen and oxygen atoms in total. The van der Waals surface area contributed by atoms with Gasteiger partial charge in [-0.25, -0.2) is 9.97 Å². The number of hydrogen-bond acceptors (Lipinski definition) is 2. The molecule has 3 aromatic heterocycles. The fourth-order valence-electron chi connectivity index (χ4n) is 4.41. The summed E-state index contributed by atoms with van der Waals surface area (Å²) in [6.07, 6.45) is 8.05. The van der Waals surface area contributed by atoms with Gasteiger partial charge >= 0.3 is 0 Å². The van der Waals surface area contributed by atoms with Crippen molar-refractivity contribution >= 4 is 92.8 Å². The van der Waals surface area contributed by atoms with Crippen molar-refractivity contribution in [2.24, 2.45) is 0 Å². The summed E-state index contributed by atoms with van der Waals surface area (Å²) in [5.74, 6) is 0. The van der Waals surface area contributed by atoms with E-state index in [9.17, 15) is 0 Å². The van der Waals surface area contributed by atoms with Gasteiger partial charge < -0.3 is 9.97 Å². The van der Waals surface area contributed by atoms with Gasteiger partial charge in [0.1, 0.15) is 0 Å². The van der Waals surface area contributed by atoms with Crippen LogP contribution in [0.1, 0.15) is 22.8 Å². The fraction of sp³-hybridized carbons (Fsp3) is 0.